The summed E-state index contributed by atoms with van der Waals surface area (Å²) in [6.45, 7) is 2.07. The van der Waals surface area contributed by atoms with Gasteiger partial charge in [0.2, 0.25) is 0 Å². The lowest BCUT2D eigenvalue weighted by molar-refractivity contribution is -0.116. The van der Waals surface area contributed by atoms with E-state index in [2.05, 4.69) is 65.7 Å². The van der Waals surface area contributed by atoms with Gasteiger partial charge in [0.05, 0.1) is 5.36 Å². The number of nitrogens with one attached hydrogen (secondary N) is 1. The van der Waals surface area contributed by atoms with Gasteiger partial charge in [-0.1, -0.05) is 71.9 Å². The molecule has 7 heteroatoms. The van der Waals surface area contributed by atoms with Crippen molar-refractivity contribution in [1.82, 2.24) is 10.3 Å². The molecule has 33 heavy (non-hydrogen) atoms. The van der Waals surface area contributed by atoms with Crippen LogP contribution in [0.25, 0.3) is 5.70 Å². The van der Waals surface area contributed by atoms with Crippen molar-refractivity contribution in [3.63, 3.8) is 0 Å². The van der Waals surface area contributed by atoms with Crippen LogP contribution in [0.4, 0.5) is 5.69 Å². The number of benzene rings is 3. The van der Waals surface area contributed by atoms with Crippen molar-refractivity contribution in [3.05, 3.63) is 100 Å². The number of nitrogens with zero attached hydrogens (tertiary/aromatic N) is 4. The van der Waals surface area contributed by atoms with Crippen molar-refractivity contribution in [3.8, 4) is 0 Å². The number of anilines is 1. The SMILES string of the molecule is Cc1ccc(CSC2=NN3C(=c4ccccc4=N[C@@H]3c3ccc(N(C)C)cc3)C(=O)N2)cc1. The number of amides is 1. The molecule has 2 aliphatic rings. The van der Waals surface area contributed by atoms with E-state index < -0.39 is 6.17 Å². The summed E-state index contributed by atoms with van der Waals surface area (Å²) >= 11 is 1.52. The molecular weight excluding hydrogens is 430 g/mol. The zero-order valence-electron chi connectivity index (χ0n) is 18.8. The fourth-order valence-corrected chi connectivity index (χ4v) is 4.70. The van der Waals surface area contributed by atoms with E-state index in [-0.39, 0.29) is 5.91 Å². The normalized spacial score (nSPS) is 16.9. The maximum atomic E-state index is 13.2. The highest BCUT2D eigenvalue weighted by Crippen LogP contribution is 2.32. The molecule has 0 fully saturated rings. The predicted molar refractivity (Wildman–Crippen MR) is 134 cm³/mol. The van der Waals surface area contributed by atoms with E-state index >= 15 is 0 Å². The molecule has 3 aromatic carbocycles. The number of rotatable bonds is 4. The van der Waals surface area contributed by atoms with Crippen LogP contribution in [0.3, 0.4) is 0 Å². The van der Waals surface area contributed by atoms with Crippen molar-refractivity contribution < 1.29 is 4.79 Å². The molecule has 0 aromatic heterocycles. The first kappa shape index (κ1) is 21.3. The summed E-state index contributed by atoms with van der Waals surface area (Å²) in [7, 11) is 4.03. The Morgan fingerprint density at radius 3 is 2.45 bits per heavy atom. The van der Waals surface area contributed by atoms with Crippen LogP contribution < -0.4 is 20.8 Å². The first-order valence-corrected chi connectivity index (χ1v) is 11.8. The van der Waals surface area contributed by atoms with E-state index in [1.165, 1.54) is 22.9 Å². The van der Waals surface area contributed by atoms with Crippen LogP contribution in [-0.4, -0.2) is 30.2 Å². The highest BCUT2D eigenvalue weighted by atomic mass is 32.2. The van der Waals surface area contributed by atoms with Crippen LogP contribution in [0.15, 0.2) is 82.9 Å². The van der Waals surface area contributed by atoms with Gasteiger partial charge >= 0.3 is 0 Å². The molecule has 1 N–H and O–H groups in total. The molecule has 0 saturated heterocycles. The molecule has 166 valence electrons. The van der Waals surface area contributed by atoms with Crippen LogP contribution in [-0.2, 0) is 10.5 Å². The average molecular weight is 456 g/mol. The minimum absolute atomic E-state index is 0.159. The molecule has 0 unspecified atom stereocenters. The quantitative estimate of drug-likeness (QED) is 0.657. The Kier molecular flexibility index (Phi) is 5.64. The number of hydrogen-bond acceptors (Lipinski definition) is 6. The summed E-state index contributed by atoms with van der Waals surface area (Å²) in [5.74, 6) is 0.562. The maximum Gasteiger partial charge on any atom is 0.276 e. The van der Waals surface area contributed by atoms with E-state index in [1.807, 2.05) is 38.4 Å². The summed E-state index contributed by atoms with van der Waals surface area (Å²) < 4.78 is 0. The third-order valence-corrected chi connectivity index (χ3v) is 6.65. The molecular formula is C26H25N5OS. The number of carbonyl (C=O) groups is 1. The Balaban J connectivity index is 1.53. The zero-order chi connectivity index (χ0) is 22.9. The monoisotopic (exact) mass is 455 g/mol. The minimum atomic E-state index is -0.410. The fraction of sp³-hybridized carbons (Fsp3) is 0.192. The van der Waals surface area contributed by atoms with Crippen molar-refractivity contribution >= 4 is 34.2 Å². The second-order valence-corrected chi connectivity index (χ2v) is 9.30. The van der Waals surface area contributed by atoms with Gasteiger partial charge < -0.3 is 4.90 Å². The Morgan fingerprint density at radius 1 is 1.00 bits per heavy atom. The smallest absolute Gasteiger partial charge is 0.276 e. The topological polar surface area (TPSA) is 60.3 Å². The second kappa shape index (κ2) is 8.75. The lowest BCUT2D eigenvalue weighted by Crippen LogP contribution is -2.50. The number of thioether (sulfide) groups is 1. The van der Waals surface area contributed by atoms with E-state index in [0.717, 1.165) is 27.6 Å². The van der Waals surface area contributed by atoms with Crippen molar-refractivity contribution in [2.75, 3.05) is 19.0 Å². The summed E-state index contributed by atoms with van der Waals surface area (Å²) in [5.41, 5.74) is 5.02. The third kappa shape index (κ3) is 4.24. The van der Waals surface area contributed by atoms with Gasteiger partial charge in [-0.05, 0) is 36.2 Å². The zero-order valence-corrected chi connectivity index (χ0v) is 19.6. The number of para-hydroxylation sites is 1. The number of hydrazone groups is 1. The molecule has 5 rings (SSSR count). The Hall–Kier alpha value is -3.58. The Labute approximate surface area is 197 Å². The first-order valence-electron chi connectivity index (χ1n) is 10.8. The molecule has 2 heterocycles. The van der Waals surface area contributed by atoms with Crippen LogP contribution in [0.1, 0.15) is 22.9 Å². The molecule has 0 bridgehead atoms. The summed E-state index contributed by atoms with van der Waals surface area (Å²) in [5, 5.41) is 11.8. The minimum Gasteiger partial charge on any atom is -0.378 e. The molecule has 0 aliphatic carbocycles. The first-order chi connectivity index (χ1) is 16.0. The van der Waals surface area contributed by atoms with E-state index in [1.54, 1.807) is 5.01 Å². The average Bonchev–Trinajstić information content (AvgIpc) is 2.83. The predicted octanol–water partition coefficient (Wildman–Crippen LogP) is 3.14. The molecule has 1 atom stereocenters. The largest absolute Gasteiger partial charge is 0.378 e. The number of hydrogen-bond donors (Lipinski definition) is 1. The number of fused-ring (bicyclic) bond motifs is 2. The number of aryl methyl sites for hydroxylation is 1. The van der Waals surface area contributed by atoms with E-state index in [4.69, 9.17) is 10.1 Å². The Bertz CT molecular complexity index is 1350. The Morgan fingerprint density at radius 2 is 1.73 bits per heavy atom. The molecule has 3 aromatic rings. The molecule has 1 amide bonds. The van der Waals surface area contributed by atoms with Crippen LogP contribution >= 0.6 is 11.8 Å². The van der Waals surface area contributed by atoms with Gasteiger partial charge in [-0.2, -0.15) is 0 Å². The van der Waals surface area contributed by atoms with E-state index in [9.17, 15) is 4.79 Å². The lowest BCUT2D eigenvalue weighted by atomic mass is 10.1. The number of amidine groups is 1. The van der Waals surface area contributed by atoms with Gasteiger partial charge in [-0.25, -0.2) is 5.01 Å². The van der Waals surface area contributed by atoms with Gasteiger partial charge in [-0.15, -0.1) is 5.10 Å². The van der Waals surface area contributed by atoms with Gasteiger partial charge in [-0.3, -0.25) is 15.1 Å². The van der Waals surface area contributed by atoms with Gasteiger partial charge in [0, 0.05) is 30.8 Å². The van der Waals surface area contributed by atoms with Crippen LogP contribution in [0.5, 0.6) is 0 Å². The highest BCUT2D eigenvalue weighted by Gasteiger charge is 2.34. The van der Waals surface area contributed by atoms with Gasteiger partial charge in [0.1, 0.15) is 5.70 Å². The fourth-order valence-electron chi connectivity index (χ4n) is 3.89. The molecule has 0 spiro atoms. The summed E-state index contributed by atoms with van der Waals surface area (Å²) in [4.78, 5) is 20.3. The molecule has 2 aliphatic heterocycles. The summed E-state index contributed by atoms with van der Waals surface area (Å²) in [6, 6.07) is 24.4. The van der Waals surface area contributed by atoms with Gasteiger partial charge in [0.25, 0.3) is 5.91 Å². The van der Waals surface area contributed by atoms with Crippen molar-refractivity contribution in [2.45, 2.75) is 18.8 Å². The highest BCUT2D eigenvalue weighted by molar-refractivity contribution is 8.13. The second-order valence-electron chi connectivity index (χ2n) is 8.33. The third-order valence-electron chi connectivity index (χ3n) is 5.72. The standard InChI is InChI=1S/C26H25N5OS/c1-17-8-10-18(11-9-17)16-33-26-28-25(32)23-21-6-4-5-7-22(21)27-24(31(23)29-26)19-12-14-20(15-13-19)30(2)3/h4-15,24H,16H2,1-3H3,(H,28,29,32)/t24-/m0/s1. The van der Waals surface area contributed by atoms with Crippen LogP contribution in [0, 0.1) is 6.92 Å². The van der Waals surface area contributed by atoms with E-state index in [0.29, 0.717) is 10.9 Å². The van der Waals surface area contributed by atoms with Crippen molar-refractivity contribution in [1.29, 1.82) is 0 Å². The molecule has 0 radical (unpaired) electrons. The van der Waals surface area contributed by atoms with Crippen molar-refractivity contribution in [2.24, 2.45) is 10.1 Å². The van der Waals surface area contributed by atoms with Gasteiger partial charge in [0.15, 0.2) is 11.3 Å². The number of carbonyl (C=O) groups excluding carboxylic acids is 1. The molecule has 6 nitrogen and oxygen atoms in total. The summed E-state index contributed by atoms with van der Waals surface area (Å²) in [6.07, 6.45) is -0.410. The lowest BCUT2D eigenvalue weighted by Gasteiger charge is -2.34. The maximum absolute atomic E-state index is 13.2. The molecule has 0 saturated carbocycles. The van der Waals surface area contributed by atoms with Crippen LogP contribution in [0.2, 0.25) is 0 Å².